The number of aromatic nitrogens is 1. The Balaban J connectivity index is 2.35. The van der Waals surface area contributed by atoms with Gasteiger partial charge in [0.05, 0.1) is 0 Å². The van der Waals surface area contributed by atoms with Crippen molar-refractivity contribution in [3.63, 3.8) is 0 Å². The number of halogens is 1. The standard InChI is InChI=1S/C11H16ClN/c1-9(2)11(12)6-5-10-4-3-7-13-8-10/h3-4,7-9,11H,5-6H2,1-2H3. The quantitative estimate of drug-likeness (QED) is 0.676. The van der Waals surface area contributed by atoms with E-state index in [1.807, 2.05) is 12.3 Å². The Hall–Kier alpha value is -0.560. The molecule has 72 valence electrons. The van der Waals surface area contributed by atoms with E-state index in [1.54, 1.807) is 6.20 Å². The number of rotatable bonds is 4. The Morgan fingerprint density at radius 2 is 2.23 bits per heavy atom. The molecule has 1 aromatic heterocycles. The van der Waals surface area contributed by atoms with Crippen molar-refractivity contribution < 1.29 is 0 Å². The molecule has 13 heavy (non-hydrogen) atoms. The molecule has 1 rings (SSSR count). The van der Waals surface area contributed by atoms with Gasteiger partial charge in [-0.3, -0.25) is 4.98 Å². The van der Waals surface area contributed by atoms with E-state index in [0.717, 1.165) is 12.8 Å². The largest absolute Gasteiger partial charge is 0.264 e. The molecule has 0 saturated heterocycles. The van der Waals surface area contributed by atoms with Crippen LogP contribution in [-0.4, -0.2) is 10.4 Å². The lowest BCUT2D eigenvalue weighted by molar-refractivity contribution is 0.565. The summed E-state index contributed by atoms with van der Waals surface area (Å²) in [6.45, 7) is 4.31. The SMILES string of the molecule is CC(C)C(Cl)CCc1cccnc1. The van der Waals surface area contributed by atoms with E-state index in [9.17, 15) is 0 Å². The lowest BCUT2D eigenvalue weighted by atomic mass is 10.0. The van der Waals surface area contributed by atoms with Crippen molar-refractivity contribution in [1.82, 2.24) is 4.98 Å². The predicted octanol–water partition coefficient (Wildman–Crippen LogP) is 3.28. The molecule has 0 aliphatic carbocycles. The minimum absolute atomic E-state index is 0.278. The van der Waals surface area contributed by atoms with Crippen molar-refractivity contribution in [1.29, 1.82) is 0 Å². The minimum Gasteiger partial charge on any atom is -0.264 e. The van der Waals surface area contributed by atoms with Crippen LogP contribution < -0.4 is 0 Å². The van der Waals surface area contributed by atoms with Crippen LogP contribution in [-0.2, 0) is 6.42 Å². The van der Waals surface area contributed by atoms with Gasteiger partial charge in [0.2, 0.25) is 0 Å². The fraction of sp³-hybridized carbons (Fsp3) is 0.545. The molecule has 2 heteroatoms. The third kappa shape index (κ3) is 3.77. The van der Waals surface area contributed by atoms with E-state index >= 15 is 0 Å². The van der Waals surface area contributed by atoms with E-state index in [2.05, 4.69) is 24.9 Å². The minimum atomic E-state index is 0.278. The van der Waals surface area contributed by atoms with Gasteiger partial charge in [-0.2, -0.15) is 0 Å². The monoisotopic (exact) mass is 197 g/mol. The molecule has 0 bridgehead atoms. The lowest BCUT2D eigenvalue weighted by Crippen LogP contribution is -2.08. The molecule has 0 N–H and O–H groups in total. The van der Waals surface area contributed by atoms with Crippen molar-refractivity contribution in [2.45, 2.75) is 32.1 Å². The van der Waals surface area contributed by atoms with Gasteiger partial charge in [0.25, 0.3) is 0 Å². The van der Waals surface area contributed by atoms with E-state index in [0.29, 0.717) is 5.92 Å². The average molecular weight is 198 g/mol. The van der Waals surface area contributed by atoms with Gasteiger partial charge in [0, 0.05) is 17.8 Å². The molecular formula is C11H16ClN. The van der Waals surface area contributed by atoms with Gasteiger partial charge in [-0.25, -0.2) is 0 Å². The summed E-state index contributed by atoms with van der Waals surface area (Å²) in [6.07, 6.45) is 5.76. The Bertz CT molecular complexity index is 233. The molecule has 0 fully saturated rings. The fourth-order valence-electron chi connectivity index (χ4n) is 1.18. The maximum Gasteiger partial charge on any atom is 0.0362 e. The summed E-state index contributed by atoms with van der Waals surface area (Å²) in [5, 5.41) is 0.278. The van der Waals surface area contributed by atoms with Crippen molar-refractivity contribution in [3.8, 4) is 0 Å². The Labute approximate surface area is 85.1 Å². The molecule has 0 amide bonds. The van der Waals surface area contributed by atoms with Crippen molar-refractivity contribution in [2.24, 2.45) is 5.92 Å². The zero-order chi connectivity index (χ0) is 9.68. The normalized spacial score (nSPS) is 13.2. The van der Waals surface area contributed by atoms with Crippen LogP contribution in [0.2, 0.25) is 0 Å². The number of alkyl halides is 1. The van der Waals surface area contributed by atoms with Gasteiger partial charge in [0.15, 0.2) is 0 Å². The van der Waals surface area contributed by atoms with Crippen molar-refractivity contribution in [2.75, 3.05) is 0 Å². The molecule has 0 saturated carbocycles. The van der Waals surface area contributed by atoms with Crippen LogP contribution in [0.5, 0.6) is 0 Å². The maximum absolute atomic E-state index is 6.15. The number of aryl methyl sites for hydroxylation is 1. The molecule has 0 aliphatic heterocycles. The fourth-order valence-corrected chi connectivity index (χ4v) is 1.29. The second kappa shape index (κ2) is 5.23. The lowest BCUT2D eigenvalue weighted by Gasteiger charge is -2.12. The summed E-state index contributed by atoms with van der Waals surface area (Å²) in [6, 6.07) is 4.06. The highest BCUT2D eigenvalue weighted by Gasteiger charge is 2.08. The molecule has 1 aromatic rings. The molecular weight excluding hydrogens is 182 g/mol. The van der Waals surface area contributed by atoms with Gasteiger partial charge in [-0.05, 0) is 30.4 Å². The van der Waals surface area contributed by atoms with E-state index in [1.165, 1.54) is 5.56 Å². The Kier molecular flexibility index (Phi) is 4.23. The van der Waals surface area contributed by atoms with Gasteiger partial charge in [0.1, 0.15) is 0 Å². The zero-order valence-electron chi connectivity index (χ0n) is 8.20. The summed E-state index contributed by atoms with van der Waals surface area (Å²) < 4.78 is 0. The topological polar surface area (TPSA) is 12.9 Å². The first-order valence-corrected chi connectivity index (χ1v) is 5.16. The zero-order valence-corrected chi connectivity index (χ0v) is 8.96. The third-order valence-corrected chi connectivity index (χ3v) is 2.88. The first kappa shape index (κ1) is 10.5. The highest BCUT2D eigenvalue weighted by Crippen LogP contribution is 2.15. The van der Waals surface area contributed by atoms with Crippen LogP contribution in [0, 0.1) is 5.92 Å². The van der Waals surface area contributed by atoms with Crippen molar-refractivity contribution >= 4 is 11.6 Å². The van der Waals surface area contributed by atoms with Crippen molar-refractivity contribution in [3.05, 3.63) is 30.1 Å². The van der Waals surface area contributed by atoms with Gasteiger partial charge in [-0.1, -0.05) is 19.9 Å². The first-order chi connectivity index (χ1) is 6.20. The summed E-state index contributed by atoms with van der Waals surface area (Å²) in [7, 11) is 0. The van der Waals surface area contributed by atoms with Crippen LogP contribution in [0.1, 0.15) is 25.8 Å². The number of pyridine rings is 1. The van der Waals surface area contributed by atoms with E-state index in [-0.39, 0.29) is 5.38 Å². The number of hydrogen-bond donors (Lipinski definition) is 0. The highest BCUT2D eigenvalue weighted by atomic mass is 35.5. The summed E-state index contributed by atoms with van der Waals surface area (Å²) in [5.41, 5.74) is 1.27. The highest BCUT2D eigenvalue weighted by molar-refractivity contribution is 6.20. The van der Waals surface area contributed by atoms with Crippen LogP contribution in [0.4, 0.5) is 0 Å². The van der Waals surface area contributed by atoms with E-state index in [4.69, 9.17) is 11.6 Å². The summed E-state index contributed by atoms with van der Waals surface area (Å²) in [5.74, 6) is 0.554. The maximum atomic E-state index is 6.15. The summed E-state index contributed by atoms with van der Waals surface area (Å²) in [4.78, 5) is 4.06. The first-order valence-electron chi connectivity index (χ1n) is 4.73. The third-order valence-electron chi connectivity index (χ3n) is 2.15. The van der Waals surface area contributed by atoms with Crippen LogP contribution in [0.15, 0.2) is 24.5 Å². The second-order valence-electron chi connectivity index (χ2n) is 3.66. The Morgan fingerprint density at radius 3 is 2.77 bits per heavy atom. The molecule has 1 nitrogen and oxygen atoms in total. The van der Waals surface area contributed by atoms with Crippen LogP contribution in [0.3, 0.4) is 0 Å². The molecule has 1 heterocycles. The van der Waals surface area contributed by atoms with Gasteiger partial charge < -0.3 is 0 Å². The predicted molar refractivity (Wildman–Crippen MR) is 57.0 cm³/mol. The molecule has 0 aromatic carbocycles. The molecule has 0 spiro atoms. The van der Waals surface area contributed by atoms with Crippen LogP contribution >= 0.6 is 11.6 Å². The Morgan fingerprint density at radius 1 is 1.46 bits per heavy atom. The molecule has 0 radical (unpaired) electrons. The van der Waals surface area contributed by atoms with Gasteiger partial charge >= 0.3 is 0 Å². The smallest absolute Gasteiger partial charge is 0.0362 e. The summed E-state index contributed by atoms with van der Waals surface area (Å²) >= 11 is 6.15. The second-order valence-corrected chi connectivity index (χ2v) is 4.22. The molecule has 1 atom stereocenters. The molecule has 1 unspecified atom stereocenters. The number of nitrogens with zero attached hydrogens (tertiary/aromatic N) is 1. The van der Waals surface area contributed by atoms with Gasteiger partial charge in [-0.15, -0.1) is 11.6 Å². The molecule has 0 aliphatic rings. The number of hydrogen-bond acceptors (Lipinski definition) is 1. The average Bonchev–Trinajstić information content (AvgIpc) is 2.15. The van der Waals surface area contributed by atoms with Crippen LogP contribution in [0.25, 0.3) is 0 Å². The van der Waals surface area contributed by atoms with E-state index < -0.39 is 0 Å².